The van der Waals surface area contributed by atoms with E-state index in [0.29, 0.717) is 15.6 Å². The van der Waals surface area contributed by atoms with E-state index in [1.54, 1.807) is 18.2 Å². The summed E-state index contributed by atoms with van der Waals surface area (Å²) < 4.78 is 7.52. The van der Waals surface area contributed by atoms with E-state index in [0.717, 1.165) is 15.0 Å². The minimum absolute atomic E-state index is 0.158. The van der Waals surface area contributed by atoms with Crippen LogP contribution in [0.5, 0.6) is 0 Å². The van der Waals surface area contributed by atoms with Crippen molar-refractivity contribution in [2.75, 3.05) is 0 Å². The van der Waals surface area contributed by atoms with Gasteiger partial charge in [0.2, 0.25) is 0 Å². The molecule has 0 fully saturated rings. The molecule has 1 aromatic carbocycles. The molecule has 0 saturated heterocycles. The Morgan fingerprint density at radius 3 is 2.46 bits per heavy atom. The summed E-state index contributed by atoms with van der Waals surface area (Å²) in [4.78, 5) is 37.2. The number of esters is 1. The van der Waals surface area contributed by atoms with Crippen LogP contribution in [0.25, 0.3) is 10.4 Å². The lowest BCUT2D eigenvalue weighted by atomic mass is 10.2. The molecule has 0 aliphatic carbocycles. The number of hydrogen-bond acceptors (Lipinski definition) is 5. The molecular formula is C18H15ClN2O4S. The van der Waals surface area contributed by atoms with Crippen molar-refractivity contribution in [3.05, 3.63) is 78.9 Å². The molecule has 0 aliphatic heterocycles. The number of hydrogen-bond donors (Lipinski definition) is 0. The first kappa shape index (κ1) is 18.2. The van der Waals surface area contributed by atoms with Gasteiger partial charge in [-0.05, 0) is 29.8 Å². The van der Waals surface area contributed by atoms with E-state index in [2.05, 4.69) is 0 Å². The zero-order chi connectivity index (χ0) is 18.8. The Balaban J connectivity index is 1.75. The number of benzene rings is 1. The maximum absolute atomic E-state index is 12.3. The Kier molecular flexibility index (Phi) is 5.11. The number of carbonyl (C=O) groups excluding carboxylic acids is 1. The first-order valence-electron chi connectivity index (χ1n) is 7.65. The molecule has 8 heteroatoms. The Bertz CT molecular complexity index is 1080. The lowest BCUT2D eigenvalue weighted by molar-refractivity contribution is 0.0468. The summed E-state index contributed by atoms with van der Waals surface area (Å²) in [5.74, 6) is -0.511. The highest BCUT2D eigenvalue weighted by Gasteiger charge is 2.14. The van der Waals surface area contributed by atoms with Crippen LogP contribution in [-0.2, 0) is 25.4 Å². The summed E-state index contributed by atoms with van der Waals surface area (Å²) in [6.45, 7) is -0.158. The van der Waals surface area contributed by atoms with Crippen molar-refractivity contribution in [2.24, 2.45) is 14.1 Å². The number of halogens is 1. The van der Waals surface area contributed by atoms with E-state index in [1.165, 1.54) is 36.1 Å². The molecule has 0 amide bonds. The van der Waals surface area contributed by atoms with Gasteiger partial charge in [-0.25, -0.2) is 9.59 Å². The van der Waals surface area contributed by atoms with Crippen LogP contribution in [-0.4, -0.2) is 15.1 Å². The molecule has 6 nitrogen and oxygen atoms in total. The predicted octanol–water partition coefficient (Wildman–Crippen LogP) is 2.82. The maximum Gasteiger partial charge on any atom is 0.348 e. The van der Waals surface area contributed by atoms with Gasteiger partial charge in [-0.1, -0.05) is 23.7 Å². The lowest BCUT2D eigenvalue weighted by Gasteiger charge is -2.09. The summed E-state index contributed by atoms with van der Waals surface area (Å²) in [5, 5.41) is 0.643. The smallest absolute Gasteiger partial charge is 0.348 e. The van der Waals surface area contributed by atoms with Crippen molar-refractivity contribution in [2.45, 2.75) is 6.61 Å². The summed E-state index contributed by atoms with van der Waals surface area (Å²) >= 11 is 7.18. The highest BCUT2D eigenvalue weighted by molar-refractivity contribution is 7.17. The monoisotopic (exact) mass is 390 g/mol. The van der Waals surface area contributed by atoms with Gasteiger partial charge in [0.05, 0.1) is 5.69 Å². The van der Waals surface area contributed by atoms with Gasteiger partial charge in [-0.3, -0.25) is 13.9 Å². The Morgan fingerprint density at radius 2 is 1.77 bits per heavy atom. The molecule has 0 radical (unpaired) electrons. The zero-order valence-corrected chi connectivity index (χ0v) is 15.6. The average molecular weight is 391 g/mol. The number of nitrogens with zero attached hydrogens (tertiary/aromatic N) is 2. The number of carbonyl (C=O) groups is 1. The highest BCUT2D eigenvalue weighted by atomic mass is 35.5. The zero-order valence-electron chi connectivity index (χ0n) is 14.1. The molecular weight excluding hydrogens is 376 g/mol. The van der Waals surface area contributed by atoms with Gasteiger partial charge >= 0.3 is 11.7 Å². The third-order valence-electron chi connectivity index (χ3n) is 3.91. The van der Waals surface area contributed by atoms with Gasteiger partial charge in [-0.15, -0.1) is 11.3 Å². The molecule has 134 valence electrons. The normalized spacial score (nSPS) is 10.7. The van der Waals surface area contributed by atoms with Crippen molar-refractivity contribution in [3.63, 3.8) is 0 Å². The summed E-state index contributed by atoms with van der Waals surface area (Å²) in [5.41, 5.74) is 0.373. The van der Waals surface area contributed by atoms with Gasteiger partial charge in [0.15, 0.2) is 0 Å². The van der Waals surface area contributed by atoms with Crippen molar-refractivity contribution < 1.29 is 9.53 Å². The number of thiophene rings is 1. The second-order valence-electron chi connectivity index (χ2n) is 5.62. The molecule has 0 unspecified atom stereocenters. The van der Waals surface area contributed by atoms with E-state index in [1.807, 2.05) is 18.2 Å². The molecule has 0 N–H and O–H groups in total. The van der Waals surface area contributed by atoms with Gasteiger partial charge in [0, 0.05) is 30.1 Å². The summed E-state index contributed by atoms with van der Waals surface area (Å²) in [6, 6.07) is 12.1. The fraction of sp³-hybridized carbons (Fsp3) is 0.167. The third-order valence-corrected chi connectivity index (χ3v) is 5.28. The fourth-order valence-electron chi connectivity index (χ4n) is 2.34. The largest absolute Gasteiger partial charge is 0.455 e. The fourth-order valence-corrected chi connectivity index (χ4v) is 3.38. The molecule has 26 heavy (non-hydrogen) atoms. The predicted molar refractivity (Wildman–Crippen MR) is 101 cm³/mol. The van der Waals surface area contributed by atoms with E-state index in [-0.39, 0.29) is 6.61 Å². The highest BCUT2D eigenvalue weighted by Crippen LogP contribution is 2.29. The standard InChI is InChI=1S/C18H15ClN2O4S/c1-20-13(9-16(22)21(2)18(20)24)10-25-17(23)15-8-7-14(26-15)11-3-5-12(19)6-4-11/h3-9H,10H2,1-2H3. The third kappa shape index (κ3) is 3.63. The molecule has 0 aliphatic rings. The Labute approximate surface area is 157 Å². The van der Waals surface area contributed by atoms with Crippen LogP contribution >= 0.6 is 22.9 Å². The van der Waals surface area contributed by atoms with E-state index >= 15 is 0 Å². The molecule has 0 saturated carbocycles. The first-order valence-corrected chi connectivity index (χ1v) is 8.85. The second kappa shape index (κ2) is 7.31. The van der Waals surface area contributed by atoms with Crippen molar-refractivity contribution in [1.82, 2.24) is 9.13 Å². The molecule has 2 aromatic heterocycles. The van der Waals surface area contributed by atoms with Crippen LogP contribution in [0, 0.1) is 0 Å². The minimum Gasteiger partial charge on any atom is -0.455 e. The summed E-state index contributed by atoms with van der Waals surface area (Å²) in [6.07, 6.45) is 0. The maximum atomic E-state index is 12.3. The van der Waals surface area contributed by atoms with Crippen LogP contribution in [0.15, 0.2) is 52.1 Å². The van der Waals surface area contributed by atoms with Crippen LogP contribution < -0.4 is 11.2 Å². The van der Waals surface area contributed by atoms with E-state index < -0.39 is 17.2 Å². The van der Waals surface area contributed by atoms with E-state index in [4.69, 9.17) is 16.3 Å². The van der Waals surface area contributed by atoms with Crippen molar-refractivity contribution >= 4 is 28.9 Å². The van der Waals surface area contributed by atoms with Crippen molar-refractivity contribution in [3.8, 4) is 10.4 Å². The van der Waals surface area contributed by atoms with Gasteiger partial charge in [0.25, 0.3) is 5.56 Å². The van der Waals surface area contributed by atoms with Gasteiger partial charge in [-0.2, -0.15) is 0 Å². The Morgan fingerprint density at radius 1 is 1.08 bits per heavy atom. The molecule has 0 atom stereocenters. The lowest BCUT2D eigenvalue weighted by Crippen LogP contribution is -2.38. The average Bonchev–Trinajstić information content (AvgIpc) is 3.12. The molecule has 2 heterocycles. The minimum atomic E-state index is -0.511. The first-order chi connectivity index (χ1) is 12.4. The van der Waals surface area contributed by atoms with Gasteiger partial charge < -0.3 is 4.74 Å². The molecule has 3 aromatic rings. The van der Waals surface area contributed by atoms with E-state index in [9.17, 15) is 14.4 Å². The molecule has 3 rings (SSSR count). The second-order valence-corrected chi connectivity index (χ2v) is 7.14. The molecule has 0 bridgehead atoms. The number of aromatic nitrogens is 2. The Hall–Kier alpha value is -2.64. The number of rotatable bonds is 4. The van der Waals surface area contributed by atoms with Crippen LogP contribution in [0.3, 0.4) is 0 Å². The summed E-state index contributed by atoms with van der Waals surface area (Å²) in [7, 11) is 2.92. The topological polar surface area (TPSA) is 70.3 Å². The quantitative estimate of drug-likeness (QED) is 0.642. The SMILES string of the molecule is Cn1c(COC(=O)c2ccc(-c3ccc(Cl)cc3)s2)cc(=O)n(C)c1=O. The van der Waals surface area contributed by atoms with Crippen LogP contribution in [0.4, 0.5) is 0 Å². The van der Waals surface area contributed by atoms with Gasteiger partial charge in [0.1, 0.15) is 11.5 Å². The van der Waals surface area contributed by atoms with Crippen molar-refractivity contribution in [1.29, 1.82) is 0 Å². The molecule has 0 spiro atoms. The van der Waals surface area contributed by atoms with Crippen LogP contribution in [0.2, 0.25) is 5.02 Å². The van der Waals surface area contributed by atoms with Crippen LogP contribution in [0.1, 0.15) is 15.4 Å². The number of ether oxygens (including phenoxy) is 1.